The molecule has 26 heavy (non-hydrogen) atoms. The van der Waals surface area contributed by atoms with Gasteiger partial charge in [-0.1, -0.05) is 41.4 Å². The van der Waals surface area contributed by atoms with E-state index < -0.39 is 16.1 Å². The minimum absolute atomic E-state index is 0.211. The zero-order valence-electron chi connectivity index (χ0n) is 14.0. The molecule has 144 valence electrons. The summed E-state index contributed by atoms with van der Waals surface area (Å²) in [5, 5.41) is 1.71. The molecular formula is C16H19Cl3N2O4S. The first-order valence-electron chi connectivity index (χ1n) is 7.87. The van der Waals surface area contributed by atoms with Crippen LogP contribution in [0.3, 0.4) is 0 Å². The molecular weight excluding hydrogens is 423 g/mol. The number of amides is 1. The van der Waals surface area contributed by atoms with Crippen molar-refractivity contribution in [3.63, 3.8) is 0 Å². The number of carbonyl (C=O) groups is 1. The molecule has 1 N–H and O–H groups in total. The van der Waals surface area contributed by atoms with Gasteiger partial charge in [-0.05, 0) is 25.8 Å². The Morgan fingerprint density at radius 3 is 2.42 bits per heavy atom. The second-order valence-electron chi connectivity index (χ2n) is 5.89. The molecule has 0 spiro atoms. The fourth-order valence-corrected chi connectivity index (χ4v) is 3.97. The van der Waals surface area contributed by atoms with Crippen molar-refractivity contribution < 1.29 is 17.9 Å². The zero-order chi connectivity index (χ0) is 19.5. The number of likely N-dealkylation sites (tertiary alicyclic amines) is 1. The summed E-state index contributed by atoms with van der Waals surface area (Å²) >= 11 is 17.9. The van der Waals surface area contributed by atoms with Gasteiger partial charge in [0.05, 0.1) is 15.1 Å². The van der Waals surface area contributed by atoms with Crippen molar-refractivity contribution in [2.45, 2.75) is 31.9 Å². The molecule has 0 saturated carbocycles. The summed E-state index contributed by atoms with van der Waals surface area (Å²) in [5.41, 5.74) is 0. The lowest BCUT2D eigenvalue weighted by Crippen LogP contribution is -2.49. The van der Waals surface area contributed by atoms with Crippen LogP contribution in [0.4, 0.5) is 0 Å². The molecule has 1 amide bonds. The van der Waals surface area contributed by atoms with Gasteiger partial charge in [0.2, 0.25) is 10.0 Å². The molecule has 0 bridgehead atoms. The number of hydrogen-bond acceptors (Lipinski definition) is 4. The van der Waals surface area contributed by atoms with Crippen LogP contribution in [0.2, 0.25) is 15.1 Å². The number of rotatable bonds is 6. The van der Waals surface area contributed by atoms with Crippen LogP contribution in [0.1, 0.15) is 19.8 Å². The third kappa shape index (κ3) is 5.50. The average Bonchev–Trinajstić information content (AvgIpc) is 2.59. The number of ether oxygens (including phenoxy) is 1. The van der Waals surface area contributed by atoms with Gasteiger partial charge in [-0.15, -0.1) is 0 Å². The van der Waals surface area contributed by atoms with E-state index in [1.165, 1.54) is 12.1 Å². The molecule has 0 aromatic heterocycles. The van der Waals surface area contributed by atoms with Gasteiger partial charge in [-0.25, -0.2) is 13.1 Å². The number of benzene rings is 1. The van der Waals surface area contributed by atoms with Crippen molar-refractivity contribution in [1.82, 2.24) is 9.62 Å². The molecule has 1 aromatic rings. The molecule has 1 atom stereocenters. The zero-order valence-corrected chi connectivity index (χ0v) is 17.1. The van der Waals surface area contributed by atoms with E-state index in [-0.39, 0.29) is 27.7 Å². The van der Waals surface area contributed by atoms with Gasteiger partial charge in [-0.2, -0.15) is 0 Å². The topological polar surface area (TPSA) is 75.7 Å². The molecule has 0 aliphatic carbocycles. The number of piperidine rings is 1. The molecule has 10 heteroatoms. The van der Waals surface area contributed by atoms with Gasteiger partial charge in [-0.3, -0.25) is 4.79 Å². The number of carbonyl (C=O) groups excluding carboxylic acids is 1. The second kappa shape index (κ2) is 8.80. The summed E-state index contributed by atoms with van der Waals surface area (Å²) in [6, 6.07) is 2.70. The molecule has 2 rings (SSSR count). The molecule has 1 unspecified atom stereocenters. The molecule has 1 heterocycles. The third-order valence-corrected chi connectivity index (χ3v) is 6.10. The number of nitrogens with one attached hydrogen (secondary N) is 1. The Hall–Kier alpha value is -0.990. The molecule has 1 aliphatic heterocycles. The minimum atomic E-state index is -3.48. The smallest absolute Gasteiger partial charge is 0.263 e. The highest BCUT2D eigenvalue weighted by Gasteiger charge is 2.28. The predicted octanol–water partition coefficient (Wildman–Crippen LogP) is 3.47. The maximum Gasteiger partial charge on any atom is 0.263 e. The van der Waals surface area contributed by atoms with Crippen molar-refractivity contribution in [3.8, 4) is 5.75 Å². The Labute approximate surface area is 168 Å². The van der Waals surface area contributed by atoms with Gasteiger partial charge in [0.1, 0.15) is 5.75 Å². The highest BCUT2D eigenvalue weighted by atomic mass is 35.5. The van der Waals surface area contributed by atoms with Crippen LogP contribution in [0.25, 0.3) is 0 Å². The number of sulfonamides is 1. The van der Waals surface area contributed by atoms with Crippen molar-refractivity contribution in [1.29, 1.82) is 0 Å². The van der Waals surface area contributed by atoms with Crippen molar-refractivity contribution in [3.05, 3.63) is 39.2 Å². The molecule has 1 aliphatic rings. The van der Waals surface area contributed by atoms with Crippen LogP contribution in [-0.4, -0.2) is 44.5 Å². The van der Waals surface area contributed by atoms with Crippen LogP contribution in [0.15, 0.2) is 24.1 Å². The van der Waals surface area contributed by atoms with Crippen molar-refractivity contribution >= 4 is 50.7 Å². The fraction of sp³-hybridized carbons (Fsp3) is 0.438. The monoisotopic (exact) mass is 440 g/mol. The number of hydrogen-bond donors (Lipinski definition) is 1. The van der Waals surface area contributed by atoms with Crippen LogP contribution in [0.5, 0.6) is 5.75 Å². The van der Waals surface area contributed by atoms with Crippen LogP contribution < -0.4 is 9.46 Å². The first-order valence-corrected chi connectivity index (χ1v) is 10.6. The first kappa shape index (κ1) is 21.3. The standard InChI is InChI=1S/C16H19Cl3N2O4S/c1-3-26(23,24)20-11-4-6-21(7-5-11)16(22)10(2)25-15-9-13(18)12(17)8-14(15)19/h3,8-11,20H,1,4-7H2,2H3. The van der Waals surface area contributed by atoms with Crippen molar-refractivity contribution in [2.24, 2.45) is 0 Å². The largest absolute Gasteiger partial charge is 0.479 e. The quantitative estimate of drug-likeness (QED) is 0.686. The molecule has 1 saturated heterocycles. The molecule has 1 aromatic carbocycles. The maximum absolute atomic E-state index is 12.6. The van der Waals surface area contributed by atoms with Gasteiger partial charge in [0.25, 0.3) is 5.91 Å². The minimum Gasteiger partial charge on any atom is -0.479 e. The van der Waals surface area contributed by atoms with E-state index in [1.807, 2.05) is 0 Å². The summed E-state index contributed by atoms with van der Waals surface area (Å²) in [4.78, 5) is 14.2. The first-order chi connectivity index (χ1) is 12.1. The van der Waals surface area contributed by atoms with Gasteiger partial charge >= 0.3 is 0 Å². The molecule has 0 radical (unpaired) electrons. The summed E-state index contributed by atoms with van der Waals surface area (Å²) in [5.74, 6) is 0.0627. The Kier molecular flexibility index (Phi) is 7.21. The lowest BCUT2D eigenvalue weighted by Gasteiger charge is -2.33. The van der Waals surface area contributed by atoms with Gasteiger partial charge < -0.3 is 9.64 Å². The highest BCUT2D eigenvalue weighted by molar-refractivity contribution is 7.92. The number of nitrogens with zero attached hydrogens (tertiary/aromatic N) is 1. The lowest BCUT2D eigenvalue weighted by molar-refractivity contribution is -0.139. The van der Waals surface area contributed by atoms with E-state index in [0.717, 1.165) is 5.41 Å². The van der Waals surface area contributed by atoms with E-state index in [1.54, 1.807) is 11.8 Å². The Morgan fingerprint density at radius 1 is 1.27 bits per heavy atom. The highest BCUT2D eigenvalue weighted by Crippen LogP contribution is 2.34. The second-order valence-corrected chi connectivity index (χ2v) is 8.77. The maximum atomic E-state index is 12.6. The summed E-state index contributed by atoms with van der Waals surface area (Å²) in [6.45, 7) is 5.73. The SMILES string of the molecule is C=CS(=O)(=O)NC1CCN(C(=O)C(C)Oc2cc(Cl)c(Cl)cc2Cl)CC1. The van der Waals surface area contributed by atoms with E-state index in [4.69, 9.17) is 39.5 Å². The summed E-state index contributed by atoms with van der Waals surface area (Å²) < 4.78 is 31.2. The summed E-state index contributed by atoms with van der Waals surface area (Å²) in [6.07, 6.45) is 0.254. The number of halogens is 3. The Balaban J connectivity index is 1.94. The third-order valence-electron chi connectivity index (χ3n) is 3.98. The van der Waals surface area contributed by atoms with Gasteiger partial charge in [0.15, 0.2) is 6.10 Å². The van der Waals surface area contributed by atoms with E-state index in [0.29, 0.717) is 31.0 Å². The van der Waals surface area contributed by atoms with Crippen LogP contribution >= 0.6 is 34.8 Å². The average molecular weight is 442 g/mol. The van der Waals surface area contributed by atoms with Crippen molar-refractivity contribution in [2.75, 3.05) is 13.1 Å². The van der Waals surface area contributed by atoms with Crippen LogP contribution in [-0.2, 0) is 14.8 Å². The lowest BCUT2D eigenvalue weighted by atomic mass is 10.1. The molecule has 1 fully saturated rings. The van der Waals surface area contributed by atoms with Gasteiger partial charge in [0, 0.05) is 30.6 Å². The fourth-order valence-electron chi connectivity index (χ4n) is 2.59. The summed E-state index contributed by atoms with van der Waals surface area (Å²) in [7, 11) is -3.48. The molecule has 6 nitrogen and oxygen atoms in total. The predicted molar refractivity (Wildman–Crippen MR) is 103 cm³/mol. The van der Waals surface area contributed by atoms with E-state index in [9.17, 15) is 13.2 Å². The van der Waals surface area contributed by atoms with E-state index >= 15 is 0 Å². The van der Waals surface area contributed by atoms with E-state index in [2.05, 4.69) is 11.3 Å². The normalized spacial score (nSPS) is 17.0. The van der Waals surface area contributed by atoms with Crippen LogP contribution in [0, 0.1) is 0 Å². The Bertz CT molecular complexity index is 793. The Morgan fingerprint density at radius 2 is 1.85 bits per heavy atom.